The number of piperidine rings is 3. The molecule has 0 amide bonds. The first kappa shape index (κ1) is 16.0. The van der Waals surface area contributed by atoms with Crippen LogP contribution in [0.25, 0.3) is 0 Å². The van der Waals surface area contributed by atoms with Crippen LogP contribution in [0.3, 0.4) is 0 Å². The van der Waals surface area contributed by atoms with Crippen LogP contribution in [-0.2, 0) is 9.53 Å². The molecular weight excluding hydrogens is 278 g/mol. The maximum Gasteiger partial charge on any atom is 0.342 e. The number of allylic oxidation sites excluding steroid dienone is 1. The van der Waals surface area contributed by atoms with Crippen molar-refractivity contribution in [2.75, 3.05) is 13.1 Å². The van der Waals surface area contributed by atoms with E-state index in [1.165, 1.54) is 0 Å². The number of carbonyl (C=O) groups excluding carboxylic acids is 1. The van der Waals surface area contributed by atoms with Crippen LogP contribution in [-0.4, -0.2) is 46.8 Å². The van der Waals surface area contributed by atoms with Gasteiger partial charge >= 0.3 is 5.97 Å². The molecule has 4 fully saturated rings. The average Bonchev–Trinajstić information content (AvgIpc) is 3.06. The average molecular weight is 307 g/mol. The molecule has 0 spiro atoms. The summed E-state index contributed by atoms with van der Waals surface area (Å²) in [5, 5.41) is 11.0. The molecule has 3 unspecified atom stereocenters. The first-order chi connectivity index (χ1) is 10.6. The Bertz CT molecular complexity index is 434. The largest absolute Gasteiger partial charge is 0.458 e. The van der Waals surface area contributed by atoms with Crippen molar-refractivity contribution in [1.29, 1.82) is 0 Å². The Morgan fingerprint density at radius 2 is 1.86 bits per heavy atom. The molecule has 4 nitrogen and oxygen atoms in total. The second kappa shape index (κ2) is 6.32. The van der Waals surface area contributed by atoms with Gasteiger partial charge in [-0.25, -0.2) is 4.79 Å². The Balaban J connectivity index is 1.73. The second-order valence-corrected chi connectivity index (χ2v) is 7.29. The van der Waals surface area contributed by atoms with Crippen molar-refractivity contribution in [3.8, 4) is 0 Å². The van der Waals surface area contributed by atoms with Crippen molar-refractivity contribution in [2.45, 2.75) is 70.1 Å². The molecule has 0 radical (unpaired) electrons. The Morgan fingerprint density at radius 1 is 1.23 bits per heavy atom. The first-order valence-corrected chi connectivity index (χ1v) is 8.87. The highest BCUT2D eigenvalue weighted by molar-refractivity contribution is 5.82. The molecular formula is C18H29NO3. The van der Waals surface area contributed by atoms with Crippen LogP contribution >= 0.6 is 0 Å². The van der Waals surface area contributed by atoms with Gasteiger partial charge in [-0.1, -0.05) is 18.9 Å². The van der Waals surface area contributed by atoms with Gasteiger partial charge in [0.15, 0.2) is 5.60 Å². The summed E-state index contributed by atoms with van der Waals surface area (Å²) in [4.78, 5) is 15.2. The van der Waals surface area contributed by atoms with Gasteiger partial charge in [-0.3, -0.25) is 4.90 Å². The molecule has 0 aromatic rings. The van der Waals surface area contributed by atoms with Gasteiger partial charge in [-0.15, -0.1) is 0 Å². The normalized spacial score (nSPS) is 38.3. The molecule has 1 N–H and O–H groups in total. The fourth-order valence-corrected chi connectivity index (χ4v) is 4.66. The number of carbonyl (C=O) groups is 1. The Kier molecular flexibility index (Phi) is 4.60. The van der Waals surface area contributed by atoms with Crippen molar-refractivity contribution in [1.82, 2.24) is 4.90 Å². The highest BCUT2D eigenvalue weighted by atomic mass is 16.6. The lowest BCUT2D eigenvalue weighted by molar-refractivity contribution is -0.185. The quantitative estimate of drug-likeness (QED) is 0.640. The van der Waals surface area contributed by atoms with E-state index in [9.17, 15) is 9.90 Å². The molecule has 4 aliphatic rings. The van der Waals surface area contributed by atoms with Crippen molar-refractivity contribution >= 4 is 5.97 Å². The molecule has 0 aromatic heterocycles. The summed E-state index contributed by atoms with van der Waals surface area (Å²) in [6.45, 7) is 6.22. The van der Waals surface area contributed by atoms with Gasteiger partial charge in [0.2, 0.25) is 0 Å². The van der Waals surface area contributed by atoms with E-state index in [0.717, 1.165) is 51.6 Å². The zero-order valence-corrected chi connectivity index (χ0v) is 13.8. The topological polar surface area (TPSA) is 49.8 Å². The number of aliphatic hydroxyl groups is 1. The summed E-state index contributed by atoms with van der Waals surface area (Å²) in [5.41, 5.74) is -1.43. The highest BCUT2D eigenvalue weighted by Gasteiger charge is 2.48. The molecule has 3 aliphatic heterocycles. The number of ether oxygens (including phenoxy) is 1. The van der Waals surface area contributed by atoms with E-state index in [4.69, 9.17) is 4.74 Å². The summed E-state index contributed by atoms with van der Waals surface area (Å²) < 4.78 is 5.89. The molecule has 4 heteroatoms. The predicted molar refractivity (Wildman–Crippen MR) is 85.4 cm³/mol. The maximum absolute atomic E-state index is 12.8. The fraction of sp³-hybridized carbons (Fsp3) is 0.833. The van der Waals surface area contributed by atoms with Crippen LogP contribution in [0.2, 0.25) is 0 Å². The van der Waals surface area contributed by atoms with Crippen LogP contribution in [0, 0.1) is 11.8 Å². The lowest BCUT2D eigenvalue weighted by Gasteiger charge is -2.49. The standard InChI is InChI=1S/C18H29NO3/c1-3-10-18(21,15-6-4-5-7-15)17(20)22-16-13(2)19-11-8-14(16)9-12-19/h3,10,13-16,21H,4-9,11-12H2,1-2H3. The molecule has 22 heavy (non-hydrogen) atoms. The zero-order valence-electron chi connectivity index (χ0n) is 13.8. The van der Waals surface area contributed by atoms with Crippen molar-refractivity contribution in [3.05, 3.63) is 12.2 Å². The number of rotatable bonds is 4. The van der Waals surface area contributed by atoms with Gasteiger partial charge in [-0.2, -0.15) is 0 Å². The van der Waals surface area contributed by atoms with Gasteiger partial charge < -0.3 is 9.84 Å². The SMILES string of the molecule is CC=CC(O)(C(=O)OC1C2CCN(CC2)C1C)C1CCCC1. The van der Waals surface area contributed by atoms with Crippen LogP contribution < -0.4 is 0 Å². The number of hydrogen-bond acceptors (Lipinski definition) is 4. The predicted octanol–water partition coefficient (Wildman–Crippen LogP) is 2.51. The molecule has 3 saturated heterocycles. The Morgan fingerprint density at radius 3 is 2.41 bits per heavy atom. The van der Waals surface area contributed by atoms with Gasteiger partial charge in [0, 0.05) is 12.0 Å². The molecule has 2 bridgehead atoms. The number of hydrogen-bond donors (Lipinski definition) is 1. The third-order valence-corrected chi connectivity index (χ3v) is 6.06. The number of nitrogens with zero attached hydrogens (tertiary/aromatic N) is 1. The molecule has 1 saturated carbocycles. The summed E-state index contributed by atoms with van der Waals surface area (Å²) in [7, 11) is 0. The molecule has 3 heterocycles. The van der Waals surface area contributed by atoms with E-state index >= 15 is 0 Å². The smallest absolute Gasteiger partial charge is 0.342 e. The van der Waals surface area contributed by atoms with Gasteiger partial charge in [0.25, 0.3) is 0 Å². The van der Waals surface area contributed by atoms with E-state index in [-0.39, 0.29) is 18.1 Å². The van der Waals surface area contributed by atoms with Crippen molar-refractivity contribution < 1.29 is 14.6 Å². The van der Waals surface area contributed by atoms with E-state index in [1.807, 2.05) is 6.92 Å². The lowest BCUT2D eigenvalue weighted by atomic mass is 9.80. The number of esters is 1. The maximum atomic E-state index is 12.8. The highest BCUT2D eigenvalue weighted by Crippen LogP contribution is 2.39. The zero-order chi connectivity index (χ0) is 15.7. The summed E-state index contributed by atoms with van der Waals surface area (Å²) in [6.07, 6.45) is 9.57. The third kappa shape index (κ3) is 2.71. The monoisotopic (exact) mass is 307 g/mol. The van der Waals surface area contributed by atoms with Crippen LogP contribution in [0.4, 0.5) is 0 Å². The van der Waals surface area contributed by atoms with Gasteiger partial charge in [0.1, 0.15) is 6.10 Å². The van der Waals surface area contributed by atoms with Gasteiger partial charge in [-0.05, 0) is 64.6 Å². The molecule has 4 rings (SSSR count). The number of fused-ring (bicyclic) bond motifs is 3. The van der Waals surface area contributed by atoms with E-state index in [1.54, 1.807) is 12.2 Å². The minimum absolute atomic E-state index is 0.00703. The summed E-state index contributed by atoms with van der Waals surface area (Å²) in [5.74, 6) is 0.0399. The first-order valence-electron chi connectivity index (χ1n) is 8.87. The minimum atomic E-state index is -1.43. The van der Waals surface area contributed by atoms with Gasteiger partial charge in [0.05, 0.1) is 0 Å². The Hall–Kier alpha value is -0.870. The molecule has 124 valence electrons. The Labute approximate surface area is 133 Å². The third-order valence-electron chi connectivity index (χ3n) is 6.06. The van der Waals surface area contributed by atoms with E-state index < -0.39 is 11.6 Å². The molecule has 3 atom stereocenters. The second-order valence-electron chi connectivity index (χ2n) is 7.29. The van der Waals surface area contributed by atoms with Crippen LogP contribution in [0.5, 0.6) is 0 Å². The van der Waals surface area contributed by atoms with Crippen LogP contribution in [0.1, 0.15) is 52.4 Å². The van der Waals surface area contributed by atoms with Crippen molar-refractivity contribution in [2.24, 2.45) is 11.8 Å². The molecule has 1 aliphatic carbocycles. The minimum Gasteiger partial charge on any atom is -0.458 e. The van der Waals surface area contributed by atoms with E-state index in [0.29, 0.717) is 5.92 Å². The lowest BCUT2D eigenvalue weighted by Crippen LogP contribution is -2.59. The van der Waals surface area contributed by atoms with Crippen molar-refractivity contribution in [3.63, 3.8) is 0 Å². The summed E-state index contributed by atoms with van der Waals surface area (Å²) in [6, 6.07) is 0.273. The fourth-order valence-electron chi connectivity index (χ4n) is 4.66. The van der Waals surface area contributed by atoms with E-state index in [2.05, 4.69) is 11.8 Å². The molecule has 0 aromatic carbocycles. The summed E-state index contributed by atoms with van der Waals surface area (Å²) >= 11 is 0. The van der Waals surface area contributed by atoms with Crippen LogP contribution in [0.15, 0.2) is 12.2 Å².